The Labute approximate surface area is 198 Å². The third-order valence-corrected chi connectivity index (χ3v) is 6.71. The fourth-order valence-corrected chi connectivity index (χ4v) is 4.94. The lowest BCUT2D eigenvalue weighted by molar-refractivity contribution is 0.0608. The number of carbonyl (C=O) groups is 3. The lowest BCUT2D eigenvalue weighted by Gasteiger charge is -2.37. The van der Waals surface area contributed by atoms with Crippen LogP contribution in [-0.4, -0.2) is 73.8 Å². The molecule has 2 aliphatic rings. The molecular weight excluding hydrogens is 428 g/mol. The number of anilines is 1. The van der Waals surface area contributed by atoms with Gasteiger partial charge in [-0.3, -0.25) is 19.3 Å². The Hall–Kier alpha value is -3.71. The van der Waals surface area contributed by atoms with Gasteiger partial charge >= 0.3 is 0 Å². The van der Waals surface area contributed by atoms with Gasteiger partial charge < -0.3 is 15.1 Å². The SMILES string of the molecule is CNCCCN1C(=O)c2cccc3c(N4CCN(C(=O)c5ccccc5)CC4)ccc(c23)C1=O. The van der Waals surface area contributed by atoms with Crippen LogP contribution in [0, 0.1) is 0 Å². The number of piperazine rings is 1. The Morgan fingerprint density at radius 1 is 0.853 bits per heavy atom. The molecule has 7 nitrogen and oxygen atoms in total. The predicted octanol–water partition coefficient (Wildman–Crippen LogP) is 3.01. The minimum absolute atomic E-state index is 0.0479. The average Bonchev–Trinajstić information content (AvgIpc) is 2.89. The van der Waals surface area contributed by atoms with Gasteiger partial charge in [-0.2, -0.15) is 0 Å². The Bertz CT molecular complexity index is 1230. The topological polar surface area (TPSA) is 73.0 Å². The molecule has 2 aliphatic heterocycles. The minimum atomic E-state index is -0.227. The van der Waals surface area contributed by atoms with Gasteiger partial charge in [0.25, 0.3) is 17.7 Å². The molecule has 0 radical (unpaired) electrons. The Kier molecular flexibility index (Phi) is 6.02. The lowest BCUT2D eigenvalue weighted by atomic mass is 9.92. The molecule has 1 fully saturated rings. The second-order valence-corrected chi connectivity index (χ2v) is 8.72. The molecule has 1 N–H and O–H groups in total. The van der Waals surface area contributed by atoms with Gasteiger partial charge in [0.1, 0.15) is 0 Å². The number of carbonyl (C=O) groups excluding carboxylic acids is 3. The number of benzene rings is 3. The van der Waals surface area contributed by atoms with E-state index in [-0.39, 0.29) is 17.7 Å². The maximum atomic E-state index is 13.2. The molecular formula is C27H28N4O3. The van der Waals surface area contributed by atoms with E-state index in [0.29, 0.717) is 55.8 Å². The summed E-state index contributed by atoms with van der Waals surface area (Å²) in [5.41, 5.74) is 2.86. The Morgan fingerprint density at radius 3 is 2.26 bits per heavy atom. The zero-order valence-electron chi connectivity index (χ0n) is 19.3. The van der Waals surface area contributed by atoms with E-state index in [2.05, 4.69) is 10.2 Å². The van der Waals surface area contributed by atoms with Crippen LogP contribution in [-0.2, 0) is 0 Å². The third-order valence-electron chi connectivity index (χ3n) is 6.71. The van der Waals surface area contributed by atoms with Crippen LogP contribution in [0.4, 0.5) is 5.69 Å². The van der Waals surface area contributed by atoms with Crippen molar-refractivity contribution < 1.29 is 14.4 Å². The van der Waals surface area contributed by atoms with Crippen molar-refractivity contribution in [2.75, 3.05) is 51.2 Å². The summed E-state index contributed by atoms with van der Waals surface area (Å²) >= 11 is 0. The first kappa shape index (κ1) is 22.1. The van der Waals surface area contributed by atoms with Crippen LogP contribution in [0.1, 0.15) is 37.5 Å². The average molecular weight is 457 g/mol. The van der Waals surface area contributed by atoms with Crippen molar-refractivity contribution in [3.05, 3.63) is 77.4 Å². The van der Waals surface area contributed by atoms with Gasteiger partial charge in [0.15, 0.2) is 0 Å². The van der Waals surface area contributed by atoms with Crippen molar-refractivity contribution >= 4 is 34.2 Å². The van der Waals surface area contributed by atoms with Crippen LogP contribution in [0.25, 0.3) is 10.8 Å². The molecule has 3 amide bonds. The van der Waals surface area contributed by atoms with Crippen molar-refractivity contribution in [1.82, 2.24) is 15.1 Å². The summed E-state index contributed by atoms with van der Waals surface area (Å²) in [5, 5.41) is 4.71. The minimum Gasteiger partial charge on any atom is -0.367 e. The largest absolute Gasteiger partial charge is 0.367 e. The molecule has 0 aromatic heterocycles. The Morgan fingerprint density at radius 2 is 1.56 bits per heavy atom. The number of hydrogen-bond acceptors (Lipinski definition) is 5. The molecule has 0 unspecified atom stereocenters. The summed E-state index contributed by atoms with van der Waals surface area (Å²) in [5.74, 6) is -0.407. The second kappa shape index (κ2) is 9.27. The summed E-state index contributed by atoms with van der Waals surface area (Å²) in [6.07, 6.45) is 0.712. The molecule has 7 heteroatoms. The number of imide groups is 1. The van der Waals surface area contributed by atoms with Gasteiger partial charge in [-0.05, 0) is 50.3 Å². The summed E-state index contributed by atoms with van der Waals surface area (Å²) in [6.45, 7) is 3.76. The number of rotatable bonds is 6. The highest BCUT2D eigenvalue weighted by Crippen LogP contribution is 2.36. The molecule has 3 aromatic carbocycles. The zero-order chi connectivity index (χ0) is 23.7. The monoisotopic (exact) mass is 456 g/mol. The van der Waals surface area contributed by atoms with Gasteiger partial charge in [0.05, 0.1) is 0 Å². The van der Waals surface area contributed by atoms with Crippen LogP contribution in [0.5, 0.6) is 0 Å². The van der Waals surface area contributed by atoms with E-state index >= 15 is 0 Å². The number of nitrogens with zero attached hydrogens (tertiary/aromatic N) is 3. The lowest BCUT2D eigenvalue weighted by Crippen LogP contribution is -2.49. The predicted molar refractivity (Wildman–Crippen MR) is 132 cm³/mol. The molecule has 2 heterocycles. The molecule has 0 saturated carbocycles. The molecule has 0 bridgehead atoms. The molecule has 1 saturated heterocycles. The van der Waals surface area contributed by atoms with Gasteiger partial charge in [0.2, 0.25) is 0 Å². The molecule has 0 aliphatic carbocycles. The maximum Gasteiger partial charge on any atom is 0.261 e. The van der Waals surface area contributed by atoms with E-state index in [9.17, 15) is 14.4 Å². The van der Waals surface area contributed by atoms with E-state index in [1.807, 2.05) is 72.6 Å². The molecule has 3 aromatic rings. The molecule has 0 spiro atoms. The fourth-order valence-electron chi connectivity index (χ4n) is 4.94. The van der Waals surface area contributed by atoms with E-state index in [1.54, 1.807) is 0 Å². The quantitative estimate of drug-likeness (QED) is 0.456. The van der Waals surface area contributed by atoms with Crippen molar-refractivity contribution in [1.29, 1.82) is 0 Å². The smallest absolute Gasteiger partial charge is 0.261 e. The van der Waals surface area contributed by atoms with E-state index < -0.39 is 0 Å². The summed E-state index contributed by atoms with van der Waals surface area (Å²) in [4.78, 5) is 44.6. The number of hydrogen-bond donors (Lipinski definition) is 1. The summed E-state index contributed by atoms with van der Waals surface area (Å²) < 4.78 is 0. The first-order valence-electron chi connectivity index (χ1n) is 11.8. The summed E-state index contributed by atoms with van der Waals surface area (Å²) in [6, 6.07) is 18.9. The van der Waals surface area contributed by atoms with Gasteiger partial charge in [-0.25, -0.2) is 0 Å². The maximum absolute atomic E-state index is 13.2. The van der Waals surface area contributed by atoms with E-state index in [4.69, 9.17) is 0 Å². The van der Waals surface area contributed by atoms with Gasteiger partial charge in [-0.1, -0.05) is 30.3 Å². The van der Waals surface area contributed by atoms with Crippen molar-refractivity contribution in [3.8, 4) is 0 Å². The second-order valence-electron chi connectivity index (χ2n) is 8.72. The van der Waals surface area contributed by atoms with Crippen molar-refractivity contribution in [2.24, 2.45) is 0 Å². The third kappa shape index (κ3) is 3.82. The normalized spacial score (nSPS) is 15.9. The first-order chi connectivity index (χ1) is 16.6. The van der Waals surface area contributed by atoms with E-state index in [0.717, 1.165) is 23.0 Å². The number of nitrogens with one attached hydrogen (secondary N) is 1. The molecule has 5 rings (SSSR count). The van der Waals surface area contributed by atoms with Crippen molar-refractivity contribution in [3.63, 3.8) is 0 Å². The number of amides is 3. The standard InChI is InChI=1S/C27H28N4O3/c1-28-13-6-14-31-26(33)21-10-5-9-20-23(12-11-22(24(20)21)27(31)34)29-15-17-30(18-16-29)25(32)19-7-3-2-4-8-19/h2-5,7-12,28H,6,13-18H2,1H3. The van der Waals surface area contributed by atoms with Gasteiger partial charge in [0, 0.05) is 65.9 Å². The van der Waals surface area contributed by atoms with Crippen LogP contribution >= 0.6 is 0 Å². The highest BCUT2D eigenvalue weighted by molar-refractivity contribution is 6.26. The molecule has 0 atom stereocenters. The van der Waals surface area contributed by atoms with Crippen LogP contribution < -0.4 is 10.2 Å². The molecule has 34 heavy (non-hydrogen) atoms. The van der Waals surface area contributed by atoms with Crippen LogP contribution in [0.15, 0.2) is 60.7 Å². The highest BCUT2D eigenvalue weighted by atomic mass is 16.2. The van der Waals surface area contributed by atoms with Crippen LogP contribution in [0.3, 0.4) is 0 Å². The zero-order valence-corrected chi connectivity index (χ0v) is 19.3. The highest BCUT2D eigenvalue weighted by Gasteiger charge is 2.33. The Balaban J connectivity index is 1.40. The summed E-state index contributed by atoms with van der Waals surface area (Å²) in [7, 11) is 1.86. The first-order valence-corrected chi connectivity index (χ1v) is 11.8. The molecule has 174 valence electrons. The van der Waals surface area contributed by atoms with Crippen LogP contribution in [0.2, 0.25) is 0 Å². The van der Waals surface area contributed by atoms with Gasteiger partial charge in [-0.15, -0.1) is 0 Å². The fraction of sp³-hybridized carbons (Fsp3) is 0.296. The van der Waals surface area contributed by atoms with Crippen molar-refractivity contribution in [2.45, 2.75) is 6.42 Å². The van der Waals surface area contributed by atoms with E-state index in [1.165, 1.54) is 4.90 Å².